The number of nitrogens with one attached hydrogen (secondary N) is 1. The fraction of sp³-hybridized carbons (Fsp3) is 0.0625. The Morgan fingerprint density at radius 2 is 1.81 bits per heavy atom. The monoisotopic (exact) mass is 452 g/mol. The van der Waals surface area contributed by atoms with Gasteiger partial charge in [-0.05, 0) is 36.4 Å². The number of hydrogen-bond donors (Lipinski definition) is 1. The van der Waals surface area contributed by atoms with Gasteiger partial charge in [-0.25, -0.2) is 13.1 Å². The second-order valence-electron chi connectivity index (χ2n) is 5.35. The lowest BCUT2D eigenvalue weighted by atomic mass is 10.3. The van der Waals surface area contributed by atoms with Crippen molar-refractivity contribution in [2.75, 3.05) is 4.72 Å². The number of non-ortho nitro benzene ring substituents is 1. The molecular formula is C16H13BrN4O5S. The SMILES string of the molecule is O=[N+]([O-])c1ccc(S(=O)(=O)Nc2cnn(COc3ccc(Br)cc3)c2)cc1. The molecule has 0 bridgehead atoms. The third-order valence-corrected chi connectivity index (χ3v) is 5.35. The molecule has 0 aliphatic rings. The van der Waals surface area contributed by atoms with Crippen LogP contribution in [0.3, 0.4) is 0 Å². The van der Waals surface area contributed by atoms with Crippen molar-refractivity contribution < 1.29 is 18.1 Å². The lowest BCUT2D eigenvalue weighted by Crippen LogP contribution is -2.12. The fourth-order valence-electron chi connectivity index (χ4n) is 2.12. The summed E-state index contributed by atoms with van der Waals surface area (Å²) in [6.45, 7) is 0.0981. The minimum Gasteiger partial charge on any atom is -0.471 e. The minimum atomic E-state index is -3.89. The van der Waals surface area contributed by atoms with Crippen LogP contribution in [0.1, 0.15) is 0 Å². The molecule has 3 aromatic rings. The van der Waals surface area contributed by atoms with Crippen LogP contribution in [0.2, 0.25) is 0 Å². The second-order valence-corrected chi connectivity index (χ2v) is 7.95. The van der Waals surface area contributed by atoms with Crippen LogP contribution in [0.4, 0.5) is 11.4 Å². The van der Waals surface area contributed by atoms with Crippen molar-refractivity contribution in [2.45, 2.75) is 11.6 Å². The van der Waals surface area contributed by atoms with Gasteiger partial charge in [0.1, 0.15) is 5.75 Å². The smallest absolute Gasteiger partial charge is 0.269 e. The van der Waals surface area contributed by atoms with Crippen LogP contribution in [-0.4, -0.2) is 23.1 Å². The lowest BCUT2D eigenvalue weighted by molar-refractivity contribution is -0.384. The molecule has 1 aromatic heterocycles. The van der Waals surface area contributed by atoms with Crippen LogP contribution >= 0.6 is 15.9 Å². The Morgan fingerprint density at radius 3 is 2.44 bits per heavy atom. The first-order valence-electron chi connectivity index (χ1n) is 7.51. The highest BCUT2D eigenvalue weighted by Gasteiger charge is 2.17. The average molecular weight is 453 g/mol. The molecule has 9 nitrogen and oxygen atoms in total. The van der Waals surface area contributed by atoms with Crippen molar-refractivity contribution in [1.29, 1.82) is 0 Å². The standard InChI is InChI=1S/C16H13BrN4O5S/c17-12-1-5-15(6-2-12)26-11-20-10-13(9-18-20)19-27(24,25)16-7-3-14(4-8-16)21(22)23/h1-10,19H,11H2. The van der Waals surface area contributed by atoms with E-state index in [0.29, 0.717) is 5.75 Å². The summed E-state index contributed by atoms with van der Waals surface area (Å²) in [4.78, 5) is 9.96. The Kier molecular flexibility index (Phi) is 5.42. The van der Waals surface area contributed by atoms with Crippen molar-refractivity contribution in [2.24, 2.45) is 0 Å². The van der Waals surface area contributed by atoms with Gasteiger partial charge >= 0.3 is 0 Å². The molecule has 11 heteroatoms. The summed E-state index contributed by atoms with van der Waals surface area (Å²) in [5.41, 5.74) is 0.0552. The molecule has 0 unspecified atom stereocenters. The van der Waals surface area contributed by atoms with Crippen molar-refractivity contribution >= 4 is 37.3 Å². The maximum Gasteiger partial charge on any atom is 0.269 e. The summed E-state index contributed by atoms with van der Waals surface area (Å²) < 4.78 is 35.0. The zero-order chi connectivity index (χ0) is 19.4. The topological polar surface area (TPSA) is 116 Å². The first kappa shape index (κ1) is 18.9. The Morgan fingerprint density at radius 1 is 1.15 bits per heavy atom. The van der Waals surface area contributed by atoms with E-state index in [1.165, 1.54) is 29.2 Å². The Bertz CT molecular complexity index is 1050. The van der Waals surface area contributed by atoms with Crippen LogP contribution in [0.15, 0.2) is 70.3 Å². The Balaban J connectivity index is 1.65. The summed E-state index contributed by atoms with van der Waals surface area (Å²) >= 11 is 3.33. The molecule has 0 fully saturated rings. The number of nitro groups is 1. The van der Waals surface area contributed by atoms with Crippen molar-refractivity contribution in [3.8, 4) is 5.75 Å². The highest BCUT2D eigenvalue weighted by atomic mass is 79.9. The van der Waals surface area contributed by atoms with Gasteiger partial charge in [0.05, 0.1) is 27.9 Å². The van der Waals surface area contributed by atoms with Gasteiger partial charge in [0, 0.05) is 16.6 Å². The molecule has 1 N–H and O–H groups in total. The number of benzene rings is 2. The number of sulfonamides is 1. The fourth-order valence-corrected chi connectivity index (χ4v) is 3.41. The summed E-state index contributed by atoms with van der Waals surface area (Å²) in [7, 11) is -3.89. The summed E-state index contributed by atoms with van der Waals surface area (Å²) in [6, 6.07) is 11.8. The molecule has 0 aliphatic carbocycles. The average Bonchev–Trinajstić information content (AvgIpc) is 3.08. The van der Waals surface area contributed by atoms with Gasteiger partial charge < -0.3 is 4.74 Å². The van der Waals surface area contributed by atoms with Gasteiger partial charge in [-0.3, -0.25) is 14.8 Å². The quantitative estimate of drug-likeness (QED) is 0.433. The highest BCUT2D eigenvalue weighted by molar-refractivity contribution is 9.10. The molecule has 0 amide bonds. The number of nitrogens with zero attached hydrogens (tertiary/aromatic N) is 3. The maximum absolute atomic E-state index is 12.3. The molecule has 2 aromatic carbocycles. The summed E-state index contributed by atoms with van der Waals surface area (Å²) in [6.07, 6.45) is 2.82. The van der Waals surface area contributed by atoms with E-state index < -0.39 is 14.9 Å². The van der Waals surface area contributed by atoms with Crippen molar-refractivity contribution in [3.05, 3.63) is 75.5 Å². The first-order valence-corrected chi connectivity index (χ1v) is 9.79. The molecule has 0 saturated carbocycles. The summed E-state index contributed by atoms with van der Waals surface area (Å²) in [5.74, 6) is 0.640. The van der Waals surface area contributed by atoms with E-state index in [1.807, 2.05) is 12.1 Å². The van der Waals surface area contributed by atoms with Gasteiger partial charge in [0.15, 0.2) is 6.73 Å². The van der Waals surface area contributed by atoms with Gasteiger partial charge in [-0.2, -0.15) is 5.10 Å². The van der Waals surface area contributed by atoms with E-state index >= 15 is 0 Å². The third-order valence-electron chi connectivity index (χ3n) is 3.42. The number of ether oxygens (including phenoxy) is 1. The van der Waals surface area contributed by atoms with Gasteiger partial charge in [-0.1, -0.05) is 15.9 Å². The second kappa shape index (κ2) is 7.76. The largest absolute Gasteiger partial charge is 0.471 e. The first-order chi connectivity index (χ1) is 12.8. The van der Waals surface area contributed by atoms with Gasteiger partial charge in [0.2, 0.25) is 0 Å². The van der Waals surface area contributed by atoms with Crippen LogP contribution < -0.4 is 9.46 Å². The molecule has 140 valence electrons. The Hall–Kier alpha value is -2.92. The van der Waals surface area contributed by atoms with Gasteiger partial charge in [0.25, 0.3) is 15.7 Å². The van der Waals surface area contributed by atoms with Crippen LogP contribution in [0.25, 0.3) is 0 Å². The van der Waals surface area contributed by atoms with E-state index in [1.54, 1.807) is 12.1 Å². The van der Waals surface area contributed by atoms with E-state index in [0.717, 1.165) is 16.6 Å². The van der Waals surface area contributed by atoms with E-state index in [9.17, 15) is 18.5 Å². The van der Waals surface area contributed by atoms with Gasteiger partial charge in [-0.15, -0.1) is 0 Å². The molecule has 27 heavy (non-hydrogen) atoms. The zero-order valence-electron chi connectivity index (χ0n) is 13.6. The number of anilines is 1. The summed E-state index contributed by atoms with van der Waals surface area (Å²) in [5, 5.41) is 14.7. The maximum atomic E-state index is 12.3. The molecular weight excluding hydrogens is 440 g/mol. The highest BCUT2D eigenvalue weighted by Crippen LogP contribution is 2.20. The predicted molar refractivity (Wildman–Crippen MR) is 101 cm³/mol. The third kappa shape index (κ3) is 4.83. The van der Waals surface area contributed by atoms with Crippen molar-refractivity contribution in [3.63, 3.8) is 0 Å². The van der Waals surface area contributed by atoms with Crippen LogP contribution in [0.5, 0.6) is 5.75 Å². The number of halogens is 1. The lowest BCUT2D eigenvalue weighted by Gasteiger charge is -2.06. The molecule has 0 radical (unpaired) electrons. The molecule has 0 aliphatic heterocycles. The molecule has 0 saturated heterocycles. The molecule has 3 rings (SSSR count). The molecule has 0 atom stereocenters. The normalized spacial score (nSPS) is 11.1. The Labute approximate surface area is 162 Å². The van der Waals surface area contributed by atoms with Crippen molar-refractivity contribution in [1.82, 2.24) is 9.78 Å². The predicted octanol–water partition coefficient (Wildman–Crippen LogP) is 3.39. The number of hydrogen-bond acceptors (Lipinski definition) is 6. The van der Waals surface area contributed by atoms with E-state index in [-0.39, 0.29) is 23.0 Å². The van der Waals surface area contributed by atoms with E-state index in [2.05, 4.69) is 25.8 Å². The molecule has 1 heterocycles. The zero-order valence-corrected chi connectivity index (χ0v) is 16.1. The van der Waals surface area contributed by atoms with E-state index in [4.69, 9.17) is 4.74 Å². The minimum absolute atomic E-state index is 0.0908. The number of rotatable bonds is 7. The van der Waals surface area contributed by atoms with Crippen LogP contribution in [-0.2, 0) is 16.8 Å². The van der Waals surface area contributed by atoms with Crippen LogP contribution in [0, 0.1) is 10.1 Å². The molecule has 0 spiro atoms. The number of aromatic nitrogens is 2. The number of nitro benzene ring substituents is 1.